The van der Waals surface area contributed by atoms with Gasteiger partial charge in [-0.05, 0) is 228 Å². The number of aliphatic hydroxyl groups is 12. The minimum Gasteiger partial charge on any atom is -0.394 e. The van der Waals surface area contributed by atoms with Gasteiger partial charge in [0, 0.05) is 71.1 Å². The molecular weight excluding hydrogens is 2230 g/mol. The lowest BCUT2D eigenvalue weighted by atomic mass is 9.96. The number of hydrogen-bond acceptors (Lipinski definition) is 21. The molecule has 0 fully saturated rings. The van der Waals surface area contributed by atoms with Gasteiger partial charge in [-0.2, -0.15) is 0 Å². The van der Waals surface area contributed by atoms with Crippen LogP contribution >= 0.6 is 203 Å². The van der Waals surface area contributed by atoms with Crippen molar-refractivity contribution in [2.24, 2.45) is 5.92 Å². The van der Waals surface area contributed by atoms with E-state index in [2.05, 4.69) is 31.9 Å². The number of carbonyl (C=O) groups excluding carboxylic acids is 9. The predicted molar refractivity (Wildman–Crippen MR) is 403 cm³/mol. The number of likely N-dealkylation sites (N-methyl/N-ethyl adjacent to an activating group) is 3. The Labute approximate surface area is 643 Å². The van der Waals surface area contributed by atoms with Crippen LogP contribution in [0.2, 0.25) is 0 Å². The van der Waals surface area contributed by atoms with E-state index in [4.69, 9.17) is 0 Å². The van der Waals surface area contributed by atoms with E-state index in [-0.39, 0.29) is 141 Å². The molecule has 18 N–H and O–H groups in total. The Balaban J connectivity index is 2.20. The normalized spacial score (nSPS) is 13.6. The summed E-state index contributed by atoms with van der Waals surface area (Å²) in [4.78, 5) is 128. The zero-order valence-electron chi connectivity index (χ0n) is 47.9. The van der Waals surface area contributed by atoms with Gasteiger partial charge in [-0.15, -0.1) is 0 Å². The zero-order chi connectivity index (χ0) is 69.2. The number of carbonyl (C=O) groups is 9. The number of anilines is 3. The van der Waals surface area contributed by atoms with Gasteiger partial charge in [-0.1, -0.05) is 0 Å². The monoisotopic (exact) mass is 2290 g/mol. The van der Waals surface area contributed by atoms with Gasteiger partial charge in [-0.25, -0.2) is 0 Å². The molecule has 0 saturated heterocycles. The average molecular weight is 2290 g/mol. The van der Waals surface area contributed by atoms with E-state index in [1.807, 2.05) is 0 Å². The van der Waals surface area contributed by atoms with Crippen LogP contribution in [-0.4, -0.2) is 266 Å². The summed E-state index contributed by atoms with van der Waals surface area (Å²) in [5.74, 6) is -8.27. The second kappa shape index (κ2) is 40.1. The fourth-order valence-electron chi connectivity index (χ4n) is 8.16. The minimum atomic E-state index is -1.90. The number of benzene rings is 3. The van der Waals surface area contributed by atoms with Gasteiger partial charge in [-0.3, -0.25) is 43.2 Å². The van der Waals surface area contributed by atoms with Crippen molar-refractivity contribution in [3.05, 3.63) is 65.5 Å². The summed E-state index contributed by atoms with van der Waals surface area (Å²) in [5, 5.41) is 134. The first kappa shape index (κ1) is 84.2. The van der Waals surface area contributed by atoms with Gasteiger partial charge >= 0.3 is 0 Å². The lowest BCUT2D eigenvalue weighted by molar-refractivity contribution is -0.126. The zero-order valence-corrected chi connectivity index (χ0v) is 67.3. The predicted octanol–water partition coefficient (Wildman–Crippen LogP) is -0.345. The number of nitrogens with one attached hydrogen (secondary N) is 6. The SMILES string of the molecule is CN(CC(O)CO)C(=O)c1c(I)c(NC(=O)C(O)CO)c(I)c(C(=O)NCCC(CCNC(=O)c2c(I)c(NC(=O)C(O)CO)c(I)c(C(=O)N(C)CC(O)CO)c2I)CCNC(=O)c2c(I)c(NC(=O)C(O)CO)c(I)c(C(=O)N(C)CC(O)CO)c2I)c1I. The van der Waals surface area contributed by atoms with E-state index in [1.54, 1.807) is 203 Å². The molecule has 6 atom stereocenters. The number of aliphatic hydroxyl groups excluding tert-OH is 12. The first-order valence-electron chi connectivity index (χ1n) is 26.5. The number of hydrogen-bond donors (Lipinski definition) is 18. The van der Waals surface area contributed by atoms with Crippen molar-refractivity contribution in [3.63, 3.8) is 0 Å². The number of amides is 9. The lowest BCUT2D eigenvalue weighted by Crippen LogP contribution is -2.38. The molecule has 39 heteroatoms. The molecule has 0 spiro atoms. The van der Waals surface area contributed by atoms with Crippen LogP contribution in [0.3, 0.4) is 0 Å². The second-order valence-electron chi connectivity index (χ2n) is 19.8. The second-order valence-corrected chi connectivity index (χ2v) is 29.5. The molecule has 0 saturated carbocycles. The summed E-state index contributed by atoms with van der Waals surface area (Å²) in [6, 6.07) is 0. The molecule has 0 bridgehead atoms. The van der Waals surface area contributed by atoms with Crippen molar-refractivity contribution in [2.75, 3.05) is 116 Å². The molecule has 0 aliphatic heterocycles. The third-order valence-corrected chi connectivity index (χ3v) is 22.8. The fraction of sp³-hybridized carbons (Fsp3) is 0.481. The van der Waals surface area contributed by atoms with Crippen LogP contribution in [0.4, 0.5) is 17.1 Å². The third-order valence-electron chi connectivity index (χ3n) is 13.1. The van der Waals surface area contributed by atoms with E-state index in [1.165, 1.54) is 21.1 Å². The molecule has 3 aromatic rings. The molecule has 0 radical (unpaired) electrons. The summed E-state index contributed by atoms with van der Waals surface area (Å²) in [7, 11) is 4.00. The maximum Gasteiger partial charge on any atom is 0.255 e. The van der Waals surface area contributed by atoms with E-state index < -0.39 is 135 Å². The molecule has 91 heavy (non-hydrogen) atoms. The number of halogens is 9. The highest BCUT2D eigenvalue weighted by Crippen LogP contribution is 2.40. The van der Waals surface area contributed by atoms with Crippen molar-refractivity contribution in [1.29, 1.82) is 0 Å². The van der Waals surface area contributed by atoms with Crippen LogP contribution in [0.1, 0.15) is 81.4 Å². The maximum atomic E-state index is 14.5. The third kappa shape index (κ3) is 22.5. The van der Waals surface area contributed by atoms with E-state index in [9.17, 15) is 104 Å². The largest absolute Gasteiger partial charge is 0.394 e. The quantitative estimate of drug-likeness (QED) is 0.0347. The number of rotatable bonds is 33. The van der Waals surface area contributed by atoms with Crippen LogP contribution < -0.4 is 31.9 Å². The Bertz CT molecular complexity index is 2890. The Hall–Kier alpha value is -1.02. The van der Waals surface area contributed by atoms with Gasteiger partial charge in [0.15, 0.2) is 18.3 Å². The molecular formula is C52H64I9N9O21. The van der Waals surface area contributed by atoms with Gasteiger partial charge in [0.25, 0.3) is 53.2 Å². The van der Waals surface area contributed by atoms with Gasteiger partial charge in [0.05, 0.1) is 130 Å². The van der Waals surface area contributed by atoms with E-state index >= 15 is 0 Å². The molecule has 0 aliphatic rings. The van der Waals surface area contributed by atoms with Gasteiger partial charge < -0.3 is 108 Å². The highest BCUT2D eigenvalue weighted by molar-refractivity contribution is 14.1. The van der Waals surface area contributed by atoms with Gasteiger partial charge in [0.1, 0.15) is 0 Å². The van der Waals surface area contributed by atoms with Crippen LogP contribution in [0, 0.1) is 38.0 Å². The first-order valence-corrected chi connectivity index (χ1v) is 36.2. The average Bonchev–Trinajstić information content (AvgIpc) is 0.809. The summed E-state index contributed by atoms with van der Waals surface area (Å²) in [6.07, 6.45) is -9.47. The van der Waals surface area contributed by atoms with E-state index in [0.29, 0.717) is 0 Å². The summed E-state index contributed by atoms with van der Waals surface area (Å²) in [5.41, 5.74) is -0.875. The molecule has 30 nitrogen and oxygen atoms in total. The van der Waals surface area contributed by atoms with Crippen molar-refractivity contribution in [1.82, 2.24) is 30.7 Å². The highest BCUT2D eigenvalue weighted by Gasteiger charge is 2.35. The fourth-order valence-corrected chi connectivity index (χ4v) is 21.3. The maximum absolute atomic E-state index is 14.5. The molecule has 9 amide bonds. The molecule has 0 aliphatic carbocycles. The Kier molecular flexibility index (Phi) is 37.1. The smallest absolute Gasteiger partial charge is 0.255 e. The van der Waals surface area contributed by atoms with Crippen molar-refractivity contribution >= 4 is 274 Å². The first-order chi connectivity index (χ1) is 42.6. The molecule has 3 rings (SSSR count). The van der Waals surface area contributed by atoms with Crippen LogP contribution in [-0.2, 0) is 14.4 Å². The molecule has 0 heterocycles. The summed E-state index contributed by atoms with van der Waals surface area (Å²) >= 11 is 16.0. The van der Waals surface area contributed by atoms with Crippen molar-refractivity contribution < 1.29 is 104 Å². The van der Waals surface area contributed by atoms with E-state index in [0.717, 1.165) is 14.7 Å². The molecule has 3 aromatic carbocycles. The topological polar surface area (TPSA) is 478 Å². The molecule has 6 unspecified atom stereocenters. The van der Waals surface area contributed by atoms with Crippen molar-refractivity contribution in [3.8, 4) is 0 Å². The summed E-state index contributed by atoms with van der Waals surface area (Å²) < 4.78 is 0.974. The van der Waals surface area contributed by atoms with Gasteiger partial charge in [0.2, 0.25) is 0 Å². The van der Waals surface area contributed by atoms with Crippen LogP contribution in [0.25, 0.3) is 0 Å². The van der Waals surface area contributed by atoms with Crippen LogP contribution in [0.15, 0.2) is 0 Å². The Morgan fingerprint density at radius 3 is 0.747 bits per heavy atom. The van der Waals surface area contributed by atoms with Crippen LogP contribution in [0.5, 0.6) is 0 Å². The Morgan fingerprint density at radius 1 is 0.341 bits per heavy atom. The number of nitrogens with zero attached hydrogens (tertiary/aromatic N) is 3. The summed E-state index contributed by atoms with van der Waals surface area (Å²) in [6.45, 7) is -6.41. The lowest BCUT2D eigenvalue weighted by Gasteiger charge is -2.25. The van der Waals surface area contributed by atoms with Crippen molar-refractivity contribution in [2.45, 2.75) is 55.9 Å². The Morgan fingerprint density at radius 2 is 0.549 bits per heavy atom. The standard InChI is InChI=1S/C52H64I9N9O21/c1-68(10-20(77)13-71)50(89)29-32(53)26(35(56)41(38(29)59)65-44(83)23(80)16-74)47(86)62-7-4-19(5-8-63-48(87)27-33(54)30(51(90)69(2)11-21(78)14-72)39(60)42(36(27)57)66-45(84)24(81)17-75)6-9-64-49(88)28-34(55)31(52(91)70(3)12-22(79)15-73)40(61)43(37(28)58)67-46(85)25(82)18-76/h19-25,71-82H,4-18H2,1-3H3,(H,62,86)(H,63,87)(H,64,88)(H,65,83)(H,66,84)(H,67,85). The highest BCUT2D eigenvalue weighted by atomic mass is 127. The molecule has 506 valence electrons. The molecule has 0 aromatic heterocycles. The minimum absolute atomic E-state index is 0.0782.